The van der Waals surface area contributed by atoms with Gasteiger partial charge in [-0.2, -0.15) is 0 Å². The Morgan fingerprint density at radius 3 is 0.524 bits per heavy atom. The van der Waals surface area contributed by atoms with Gasteiger partial charge in [-0.1, -0.05) is 0 Å². The standard InChI is InChI=1S/C6H12N4.5C2H4.Na.H/c1-7-2-9-4-8(1)5-10(3-7)6-9;5*1-2;;/h1-6H2;5*1-2H2;;. The second kappa shape index (κ2) is 21.8. The molecule has 0 amide bonds. The molecule has 118 valence electrons. The van der Waals surface area contributed by atoms with Crippen LogP contribution in [0.4, 0.5) is 0 Å². The molecule has 4 saturated heterocycles. The van der Waals surface area contributed by atoms with Crippen molar-refractivity contribution in [1.29, 1.82) is 0 Å². The molecule has 0 aliphatic carbocycles. The van der Waals surface area contributed by atoms with Crippen LogP contribution in [0.5, 0.6) is 0 Å². The van der Waals surface area contributed by atoms with Crippen molar-refractivity contribution in [3.63, 3.8) is 0 Å². The van der Waals surface area contributed by atoms with Crippen LogP contribution in [0.15, 0.2) is 65.8 Å². The predicted molar refractivity (Wildman–Crippen MR) is 100.0 cm³/mol. The monoisotopic (exact) mass is 304 g/mol. The van der Waals surface area contributed by atoms with Gasteiger partial charge in [-0.15, -0.1) is 65.8 Å². The van der Waals surface area contributed by atoms with E-state index in [4.69, 9.17) is 0 Å². The molecule has 0 saturated carbocycles. The van der Waals surface area contributed by atoms with E-state index in [0.717, 1.165) is 0 Å². The first-order valence-corrected chi connectivity index (χ1v) is 6.29. The summed E-state index contributed by atoms with van der Waals surface area (Å²) in [7, 11) is 0. The maximum absolute atomic E-state index is 3.00. The summed E-state index contributed by atoms with van der Waals surface area (Å²) in [5.74, 6) is 0. The molecule has 21 heavy (non-hydrogen) atoms. The van der Waals surface area contributed by atoms with Gasteiger partial charge in [0.05, 0.1) is 40.0 Å². The van der Waals surface area contributed by atoms with E-state index in [2.05, 4.69) is 85.4 Å². The zero-order chi connectivity index (χ0) is 16.6. The number of rotatable bonds is 0. The summed E-state index contributed by atoms with van der Waals surface area (Å²) in [5, 5.41) is 0. The molecule has 4 rings (SSSR count). The molecule has 0 aromatic heterocycles. The number of nitrogens with zero attached hydrogens (tertiary/aromatic N) is 4. The fraction of sp³-hybridized carbons (Fsp3) is 0.375. The molecule has 4 aliphatic heterocycles. The van der Waals surface area contributed by atoms with Gasteiger partial charge >= 0.3 is 29.6 Å². The van der Waals surface area contributed by atoms with Crippen molar-refractivity contribution in [2.24, 2.45) is 0 Å². The summed E-state index contributed by atoms with van der Waals surface area (Å²) in [6.07, 6.45) is 0. The third-order valence-corrected chi connectivity index (χ3v) is 2.40. The summed E-state index contributed by atoms with van der Waals surface area (Å²) in [6, 6.07) is 0. The van der Waals surface area contributed by atoms with E-state index in [0.29, 0.717) is 0 Å². The molecule has 0 N–H and O–H groups in total. The van der Waals surface area contributed by atoms with Gasteiger partial charge in [0.15, 0.2) is 0 Å². The Labute approximate surface area is 154 Å². The Hall–Kier alpha value is -0.460. The van der Waals surface area contributed by atoms with Crippen LogP contribution in [0.2, 0.25) is 0 Å². The van der Waals surface area contributed by atoms with Crippen LogP contribution in [0, 0.1) is 0 Å². The van der Waals surface area contributed by atoms with E-state index < -0.39 is 0 Å². The quantitative estimate of drug-likeness (QED) is 0.503. The van der Waals surface area contributed by atoms with Gasteiger partial charge in [-0.25, -0.2) is 0 Å². The van der Waals surface area contributed by atoms with E-state index in [9.17, 15) is 0 Å². The average Bonchev–Trinajstić information content (AvgIpc) is 2.56. The van der Waals surface area contributed by atoms with Crippen molar-refractivity contribution < 1.29 is 0 Å². The summed E-state index contributed by atoms with van der Waals surface area (Å²) >= 11 is 0. The SMILES string of the molecule is C1N2CN3CN1CN(C2)C3.C=C.C=C.C=C.C=C.C=C.[NaH]. The van der Waals surface area contributed by atoms with Crippen LogP contribution in [0.25, 0.3) is 0 Å². The van der Waals surface area contributed by atoms with Gasteiger partial charge < -0.3 is 0 Å². The predicted octanol–water partition coefficient (Wildman–Crippen LogP) is 2.34. The van der Waals surface area contributed by atoms with Crippen LogP contribution in [0.3, 0.4) is 0 Å². The molecule has 5 heteroatoms. The first-order chi connectivity index (χ1) is 9.90. The fourth-order valence-electron chi connectivity index (χ4n) is 2.23. The maximum atomic E-state index is 3.00. The van der Waals surface area contributed by atoms with E-state index >= 15 is 0 Å². The van der Waals surface area contributed by atoms with Gasteiger partial charge in [0, 0.05) is 0 Å². The number of hydrogen-bond donors (Lipinski definition) is 0. The molecule has 0 aromatic rings. The van der Waals surface area contributed by atoms with Gasteiger partial charge in [-0.3, -0.25) is 19.6 Å². The van der Waals surface area contributed by atoms with E-state index in [1.54, 1.807) is 0 Å². The Morgan fingerprint density at radius 1 is 0.333 bits per heavy atom. The Bertz CT molecular complexity index is 158. The van der Waals surface area contributed by atoms with Crippen molar-refractivity contribution in [2.45, 2.75) is 0 Å². The molecule has 0 atom stereocenters. The average molecular weight is 304 g/mol. The summed E-state index contributed by atoms with van der Waals surface area (Å²) < 4.78 is 0. The van der Waals surface area contributed by atoms with Crippen molar-refractivity contribution in [3.8, 4) is 0 Å². The fourth-order valence-corrected chi connectivity index (χ4v) is 2.23. The third kappa shape index (κ3) is 10.8. The molecular formula is C16H33N4Na. The van der Waals surface area contributed by atoms with Gasteiger partial charge in [0.1, 0.15) is 0 Å². The molecule has 4 fully saturated rings. The molecule has 4 bridgehead atoms. The topological polar surface area (TPSA) is 13.0 Å². The second-order valence-electron chi connectivity index (χ2n) is 3.53. The molecule has 0 spiro atoms. The van der Waals surface area contributed by atoms with Crippen LogP contribution in [-0.4, -0.2) is 89.2 Å². The van der Waals surface area contributed by atoms with Crippen molar-refractivity contribution >= 4 is 29.6 Å². The zero-order valence-electron chi connectivity index (χ0n) is 13.1. The minimum absolute atomic E-state index is 0. The third-order valence-electron chi connectivity index (χ3n) is 2.40. The van der Waals surface area contributed by atoms with E-state index in [1.165, 1.54) is 40.0 Å². The van der Waals surface area contributed by atoms with E-state index in [-0.39, 0.29) is 29.6 Å². The first kappa shape index (κ1) is 28.7. The Balaban J connectivity index is -0.000000115. The zero-order valence-corrected chi connectivity index (χ0v) is 13.1. The number of hydrogen-bond acceptors (Lipinski definition) is 4. The second-order valence-corrected chi connectivity index (χ2v) is 3.53. The van der Waals surface area contributed by atoms with Crippen molar-refractivity contribution in [2.75, 3.05) is 40.0 Å². The Morgan fingerprint density at radius 2 is 0.429 bits per heavy atom. The summed E-state index contributed by atoms with van der Waals surface area (Å²) in [4.78, 5) is 9.88. The molecular weight excluding hydrogens is 271 g/mol. The van der Waals surface area contributed by atoms with E-state index in [1.807, 2.05) is 0 Å². The molecule has 0 unspecified atom stereocenters. The molecule has 4 nitrogen and oxygen atoms in total. The first-order valence-electron chi connectivity index (χ1n) is 6.29. The molecule has 0 aromatic carbocycles. The molecule has 4 heterocycles. The molecule has 0 radical (unpaired) electrons. The van der Waals surface area contributed by atoms with Crippen LogP contribution < -0.4 is 0 Å². The molecule has 4 aliphatic rings. The van der Waals surface area contributed by atoms with Crippen molar-refractivity contribution in [3.05, 3.63) is 65.8 Å². The van der Waals surface area contributed by atoms with Crippen LogP contribution >= 0.6 is 0 Å². The minimum atomic E-state index is 0. The Kier molecular flexibility index (Phi) is 29.8. The van der Waals surface area contributed by atoms with Crippen LogP contribution in [-0.2, 0) is 0 Å². The van der Waals surface area contributed by atoms with Gasteiger partial charge in [0.2, 0.25) is 0 Å². The van der Waals surface area contributed by atoms with Gasteiger partial charge in [0.25, 0.3) is 0 Å². The summed E-state index contributed by atoms with van der Waals surface area (Å²) in [6.45, 7) is 37.1. The van der Waals surface area contributed by atoms with Crippen molar-refractivity contribution in [1.82, 2.24) is 19.6 Å². The normalized spacial score (nSPS) is 28.4. The summed E-state index contributed by atoms with van der Waals surface area (Å²) in [5.41, 5.74) is 0. The van der Waals surface area contributed by atoms with Gasteiger partial charge in [-0.05, 0) is 0 Å². The van der Waals surface area contributed by atoms with Crippen LogP contribution in [0.1, 0.15) is 0 Å².